The van der Waals surface area contributed by atoms with Crippen molar-refractivity contribution in [1.29, 1.82) is 0 Å². The molecule has 16 nitrogen and oxygen atoms in total. The Hall–Kier alpha value is -4.83. The highest BCUT2D eigenvalue weighted by molar-refractivity contribution is 7.47. The van der Waals surface area contributed by atoms with E-state index in [1.165, 1.54) is 89.9 Å². The number of phosphoric acid groups is 2. The summed E-state index contributed by atoms with van der Waals surface area (Å²) >= 11 is 0. The van der Waals surface area contributed by atoms with Gasteiger partial charge in [0, 0.05) is 19.3 Å². The van der Waals surface area contributed by atoms with Gasteiger partial charge in [-0.3, -0.25) is 32.5 Å². The maximum atomic E-state index is 13.0. The Labute approximate surface area is 650 Å². The zero-order valence-electron chi connectivity index (χ0n) is 67.0. The van der Waals surface area contributed by atoms with Crippen LogP contribution < -0.4 is 0 Å². The predicted octanol–water partition coefficient (Wildman–Crippen LogP) is 25.0. The van der Waals surface area contributed by atoms with Crippen LogP contribution in [0.5, 0.6) is 0 Å². The van der Waals surface area contributed by atoms with Gasteiger partial charge in [0.05, 0.1) is 26.4 Å². The summed E-state index contributed by atoms with van der Waals surface area (Å²) in [6.45, 7) is 2.36. The molecule has 5 unspecified atom stereocenters. The third-order valence-corrected chi connectivity index (χ3v) is 19.1. The van der Waals surface area contributed by atoms with Gasteiger partial charge >= 0.3 is 33.6 Å². The fourth-order valence-corrected chi connectivity index (χ4v) is 12.5. The molecule has 0 aromatic heterocycles. The van der Waals surface area contributed by atoms with Gasteiger partial charge in [0.15, 0.2) is 6.10 Å². The molecule has 0 fully saturated rings. The topological polar surface area (TPSA) is 231 Å². The highest BCUT2D eigenvalue weighted by Gasteiger charge is 2.29. The average Bonchev–Trinajstić information content (AvgIpc) is 0.920. The maximum Gasteiger partial charge on any atom is 0.472 e. The molecule has 0 aromatic carbocycles. The first kappa shape index (κ1) is 102. The van der Waals surface area contributed by atoms with Gasteiger partial charge < -0.3 is 34.2 Å². The van der Waals surface area contributed by atoms with E-state index in [1.54, 1.807) is 0 Å². The number of hydrogen-bond donors (Lipinski definition) is 4. The fraction of sp³-hybridized carbons (Fsp3) is 0.674. The van der Waals surface area contributed by atoms with Crippen molar-refractivity contribution < 1.29 is 75.8 Å². The van der Waals surface area contributed by atoms with Crippen LogP contribution in [0.15, 0.2) is 158 Å². The normalized spacial score (nSPS) is 14.7. The second-order valence-electron chi connectivity index (χ2n) is 27.5. The smallest absolute Gasteiger partial charge is 0.463 e. The summed E-state index contributed by atoms with van der Waals surface area (Å²) in [5, 5.41) is 20.7. The predicted molar refractivity (Wildman–Crippen MR) is 445 cm³/mol. The number of allylic oxidation sites excluding steroid dienone is 26. The van der Waals surface area contributed by atoms with E-state index in [1.807, 2.05) is 0 Å². The van der Waals surface area contributed by atoms with Gasteiger partial charge in [-0.05, 0) is 141 Å². The van der Waals surface area contributed by atoms with E-state index >= 15 is 0 Å². The monoisotopic (exact) mass is 1540 g/mol. The molecule has 0 bridgehead atoms. The first-order valence-corrected chi connectivity index (χ1v) is 44.8. The van der Waals surface area contributed by atoms with E-state index in [9.17, 15) is 43.5 Å². The van der Waals surface area contributed by atoms with Crippen LogP contribution in [-0.2, 0) is 55.8 Å². The van der Waals surface area contributed by atoms with Crippen molar-refractivity contribution in [3.05, 3.63) is 158 Å². The molecule has 0 heterocycles. The molecule has 0 aliphatic carbocycles. The highest BCUT2D eigenvalue weighted by atomic mass is 31.2. The standard InChI is InChI=1S/C89H150O16P2/c1-4-7-10-13-16-19-22-25-27-29-31-33-35-37-38-39-40-41-42-43-44-46-48-49-51-53-55-58-60-63-66-69-72-75-87(92)99-78-84(90)79-101-106(95,96)102-80-85(91)81-103-107(97,98)104-83-86(105-89(94)77-74-71-68-65-62-57-24-21-18-15-12-9-6-3)82-100-88(93)76-73-70-67-64-61-59-56-54-52-50-47-45-36-34-32-30-28-26-23-20-17-14-11-8-5-2/h7-8,10-12,15-17,19-21,24-28,31-34,37-38,45,47,52,54,84-86,90-91H,4-6,9,13-14,18,22-23,29-30,35-36,39-44,46,48-51,53,55-83H2,1-3H3,(H,95,96)(H,97,98)/b10-7-,11-8-,15-12-,19-16-,20-17-,24-21-,27-25-,28-26-,33-31-,34-32-,38-37-,47-45-,54-52-. The van der Waals surface area contributed by atoms with Gasteiger partial charge in [0.25, 0.3) is 0 Å². The van der Waals surface area contributed by atoms with Gasteiger partial charge in [0.2, 0.25) is 0 Å². The fourth-order valence-electron chi connectivity index (χ4n) is 10.9. The minimum absolute atomic E-state index is 0.0808. The van der Waals surface area contributed by atoms with Crippen LogP contribution in [0.1, 0.15) is 329 Å². The number of ether oxygens (including phenoxy) is 3. The summed E-state index contributed by atoms with van der Waals surface area (Å²) in [7, 11) is -9.80. The molecule has 612 valence electrons. The largest absolute Gasteiger partial charge is 0.472 e. The number of aliphatic hydroxyl groups excluding tert-OH is 2. The van der Waals surface area contributed by atoms with Crippen LogP contribution in [-0.4, -0.2) is 95.9 Å². The summed E-state index contributed by atoms with van der Waals surface area (Å²) in [5.41, 5.74) is 0. The quantitative estimate of drug-likeness (QED) is 0.0146. The van der Waals surface area contributed by atoms with Crippen molar-refractivity contribution in [2.75, 3.05) is 39.6 Å². The number of aliphatic hydroxyl groups is 2. The zero-order chi connectivity index (χ0) is 78.0. The van der Waals surface area contributed by atoms with Crippen molar-refractivity contribution in [1.82, 2.24) is 0 Å². The molecule has 0 saturated carbocycles. The molecular formula is C89H150O16P2. The van der Waals surface area contributed by atoms with E-state index in [0.29, 0.717) is 19.3 Å². The molecule has 4 N–H and O–H groups in total. The van der Waals surface area contributed by atoms with Crippen LogP contribution in [0.25, 0.3) is 0 Å². The van der Waals surface area contributed by atoms with Crippen LogP contribution in [0.3, 0.4) is 0 Å². The van der Waals surface area contributed by atoms with E-state index in [-0.39, 0.29) is 19.3 Å². The Kier molecular flexibility index (Phi) is 77.0. The van der Waals surface area contributed by atoms with E-state index in [4.69, 9.17) is 32.3 Å². The summed E-state index contributed by atoms with van der Waals surface area (Å²) in [4.78, 5) is 58.7. The summed E-state index contributed by atoms with van der Waals surface area (Å²) in [6, 6.07) is 0. The van der Waals surface area contributed by atoms with Gasteiger partial charge in [-0.15, -0.1) is 0 Å². The molecule has 0 amide bonds. The van der Waals surface area contributed by atoms with Gasteiger partial charge in [-0.25, -0.2) is 9.13 Å². The van der Waals surface area contributed by atoms with Crippen molar-refractivity contribution in [3.63, 3.8) is 0 Å². The molecule has 0 spiro atoms. The lowest BCUT2D eigenvalue weighted by atomic mass is 10.0. The summed E-state index contributed by atoms with van der Waals surface area (Å²) in [5.74, 6) is -1.61. The zero-order valence-corrected chi connectivity index (χ0v) is 68.8. The molecule has 5 atom stereocenters. The summed E-state index contributed by atoms with van der Waals surface area (Å²) in [6.07, 6.45) is 102. The first-order chi connectivity index (χ1) is 52.2. The molecule has 107 heavy (non-hydrogen) atoms. The van der Waals surface area contributed by atoms with E-state index < -0.39 is 91.5 Å². The van der Waals surface area contributed by atoms with Crippen LogP contribution in [0, 0.1) is 0 Å². The van der Waals surface area contributed by atoms with Crippen LogP contribution in [0.2, 0.25) is 0 Å². The highest BCUT2D eigenvalue weighted by Crippen LogP contribution is 2.45. The SMILES string of the molecule is CC/C=C\C/C=C\C/C=C\C/C=C\C/C=C\C/C=C\CCCCCCCCC(=O)OCC(COP(=O)(O)OCC(O)COP(=O)(O)OCC(O)COC(=O)CCCCCCCCCCCCCCCCCCC/C=C\C/C=C\C/C=C\C/C=C\C/C=C\CC)OC(=O)CCCCCCC/C=C\C/C=C\CCC. The lowest BCUT2D eigenvalue weighted by molar-refractivity contribution is -0.161. The number of hydrogen-bond acceptors (Lipinski definition) is 14. The number of phosphoric ester groups is 2. The number of carbonyl (C=O) groups excluding carboxylic acids is 3. The Morgan fingerprint density at radius 3 is 0.785 bits per heavy atom. The average molecular weight is 1540 g/mol. The molecule has 0 radical (unpaired) electrons. The summed E-state index contributed by atoms with van der Waals surface area (Å²) < 4.78 is 61.2. The molecule has 0 aromatic rings. The Balaban J connectivity index is 4.45. The molecule has 0 aliphatic heterocycles. The number of esters is 3. The molecular weight excluding hydrogens is 1390 g/mol. The van der Waals surface area contributed by atoms with Crippen molar-refractivity contribution in [3.8, 4) is 0 Å². The Bertz CT molecular complexity index is 2580. The Morgan fingerprint density at radius 2 is 0.495 bits per heavy atom. The van der Waals surface area contributed by atoms with E-state index in [2.05, 4.69) is 179 Å². The maximum absolute atomic E-state index is 13.0. The third kappa shape index (κ3) is 82.0. The number of carbonyl (C=O) groups is 3. The number of unbranched alkanes of at least 4 members (excludes halogenated alkanes) is 29. The van der Waals surface area contributed by atoms with Gasteiger partial charge in [-0.2, -0.15) is 0 Å². The lowest BCUT2D eigenvalue weighted by Crippen LogP contribution is -2.30. The van der Waals surface area contributed by atoms with E-state index in [0.717, 1.165) is 180 Å². The Morgan fingerprint density at radius 1 is 0.271 bits per heavy atom. The third-order valence-electron chi connectivity index (χ3n) is 17.2. The van der Waals surface area contributed by atoms with Crippen molar-refractivity contribution in [2.45, 2.75) is 347 Å². The second kappa shape index (κ2) is 80.7. The minimum atomic E-state index is -4.94. The van der Waals surface area contributed by atoms with Gasteiger partial charge in [0.1, 0.15) is 25.4 Å². The first-order valence-electron chi connectivity index (χ1n) is 41.8. The van der Waals surface area contributed by atoms with Gasteiger partial charge in [-0.1, -0.05) is 326 Å². The van der Waals surface area contributed by atoms with Crippen molar-refractivity contribution >= 4 is 33.6 Å². The van der Waals surface area contributed by atoms with Crippen LogP contribution >= 0.6 is 15.6 Å². The van der Waals surface area contributed by atoms with Crippen LogP contribution in [0.4, 0.5) is 0 Å². The second-order valence-corrected chi connectivity index (χ2v) is 30.4. The lowest BCUT2D eigenvalue weighted by Gasteiger charge is -2.21. The molecule has 0 rings (SSSR count). The minimum Gasteiger partial charge on any atom is -0.463 e. The molecule has 18 heteroatoms. The molecule has 0 aliphatic rings. The van der Waals surface area contributed by atoms with Crippen molar-refractivity contribution in [2.24, 2.45) is 0 Å². The number of rotatable bonds is 78. The molecule has 0 saturated heterocycles.